The zero-order chi connectivity index (χ0) is 111. The maximum atomic E-state index is 12.8. The number of imide groups is 2. The van der Waals surface area contributed by atoms with Crippen molar-refractivity contribution in [3.8, 4) is 0 Å². The van der Waals surface area contributed by atoms with Gasteiger partial charge in [-0.1, -0.05) is 271 Å². The third-order valence-corrected chi connectivity index (χ3v) is 28.2. The number of aliphatic hydroxyl groups excluding tert-OH is 2. The number of aliphatic hydroxyl groups is 2. The first-order valence-electron chi connectivity index (χ1n) is 55.0. The standard InChI is InChI=1S/C23H32N2O4.C23H31NO4.C16H32N2O2.C15H30N2O2.C15H28O3.C11H24N2.C7H8O3S.C2H6O.C2H6.CH3I.H2N2.H2/c1-23(2,3)29-22(28)24(4)17(14-16-10-6-5-7-11-16)15-25-20(26)18-12-8-9-13-19(18)21(25)27;1-23(2,3)28-20(25)14-17(13-16-9-5-4-6-10-16)15-24-21(26)18-11-7-8-12-19(18)22(24)27;1-16(2,3)20-15(19)18(5)14(12-17-4)11-13-9-7-6-8-10-13;1-15(2,3)19-14(18)17(4)13(11-16)10-12-8-6-5-7-9-12;1-15(2,3)18-14(17)10-13(11-16)9-12-7-5-4-6-8-12;1-12-9-11(13-2)8-10-6-4-3-5-7-10;1-6-2-4-7(5-3-6)11(8,9)10;1-2-3;3*1-2;/h8-9,12-13,16-17H,5-7,10-11,14-15H2,1-4H3;7-8,11-12,16-17H,4-6,9-10,13-15H2,1-3H3;13-14,17H,6-12H2,1-5H3;12-13H,5-11,16H2,1-4H3;12-13,16H,4-11H2,1-3H3;10-13H,3-9H2,1-2H3;2-5H,1H3,(H,8,9,10);3H,2H2,1H3;1-2H3;1H3;1-2H;1H/t2*17-;14-;2*13-;11-;;;;;;/m010010....../s1. The number of nitrogens with two attached hydrogens (primary N) is 1. The Morgan fingerprint density at radius 2 is 0.680 bits per heavy atom. The lowest BCUT2D eigenvalue weighted by Crippen LogP contribution is -2.48. The van der Waals surface area contributed by atoms with Gasteiger partial charge in [0.1, 0.15) is 28.0 Å². The van der Waals surface area contributed by atoms with Gasteiger partial charge in [0.2, 0.25) is 0 Å². The summed E-state index contributed by atoms with van der Waals surface area (Å²) in [6.07, 6.45) is 44.6. The van der Waals surface area contributed by atoms with E-state index in [0.717, 1.165) is 88.3 Å². The average molecular weight is 2200 g/mol. The van der Waals surface area contributed by atoms with Gasteiger partial charge in [-0.2, -0.15) is 8.42 Å². The van der Waals surface area contributed by atoms with Gasteiger partial charge in [0.15, 0.2) is 0 Å². The Balaban J connectivity index is 0.00000171. The number of benzene rings is 3. The summed E-state index contributed by atoms with van der Waals surface area (Å²) in [7, 11) is 7.40. The molecule has 0 unspecified atom stereocenters. The van der Waals surface area contributed by atoms with Gasteiger partial charge in [0, 0.05) is 86.6 Å². The van der Waals surface area contributed by atoms with Crippen LogP contribution in [0.2, 0.25) is 0 Å². The van der Waals surface area contributed by atoms with Gasteiger partial charge in [-0.3, -0.25) is 43.1 Å². The maximum absolute atomic E-state index is 12.8. The molecular weight excluding hydrogens is 2000 g/mol. The number of fused-ring (bicyclic) bond motifs is 2. The Kier molecular flexibility index (Phi) is 68.4. The molecule has 10 N–H and O–H groups in total. The van der Waals surface area contributed by atoms with Crippen molar-refractivity contribution in [1.29, 1.82) is 11.1 Å². The Morgan fingerprint density at radius 3 is 0.959 bits per heavy atom. The zero-order valence-electron chi connectivity index (χ0n) is 95.6. The van der Waals surface area contributed by atoms with Crippen LogP contribution in [0.1, 0.15) is 417 Å². The molecule has 32 heteroatoms. The van der Waals surface area contributed by atoms with Crippen LogP contribution in [0, 0.1) is 65.3 Å². The van der Waals surface area contributed by atoms with E-state index in [1.54, 1.807) is 96.4 Å². The lowest BCUT2D eigenvalue weighted by Gasteiger charge is -2.35. The predicted octanol–water partition coefficient (Wildman–Crippen LogP) is 24.9. The predicted molar refractivity (Wildman–Crippen MR) is 601 cm³/mol. The highest BCUT2D eigenvalue weighted by Crippen LogP contribution is 2.38. The third-order valence-electron chi connectivity index (χ3n) is 27.3. The normalized spacial score (nSPS) is 17.7. The minimum absolute atomic E-state index is 0. The number of nitrogens with zero attached hydrogens (tertiary/aromatic N) is 5. The topological polar surface area (TPSA) is 421 Å². The molecule has 0 saturated heterocycles. The van der Waals surface area contributed by atoms with Gasteiger partial charge in [0.05, 0.1) is 46.0 Å². The number of rotatable bonds is 31. The van der Waals surface area contributed by atoms with Crippen LogP contribution in [0.15, 0.2) is 77.7 Å². The lowest BCUT2D eigenvalue weighted by atomic mass is 9.81. The smallest absolute Gasteiger partial charge is 0.410 e. The van der Waals surface area contributed by atoms with Crippen molar-refractivity contribution in [2.45, 2.75) is 433 Å². The van der Waals surface area contributed by atoms with E-state index >= 15 is 0 Å². The number of aryl methyl sites for hydroxylation is 1. The average Bonchev–Trinajstić information content (AvgIpc) is 1.64. The van der Waals surface area contributed by atoms with Crippen molar-refractivity contribution in [1.82, 2.24) is 40.4 Å². The summed E-state index contributed by atoms with van der Waals surface area (Å²) in [6, 6.07) is 20.5. The second-order valence-electron chi connectivity index (χ2n) is 45.6. The maximum Gasteiger partial charge on any atom is 0.410 e. The first-order valence-corrected chi connectivity index (χ1v) is 58.6. The van der Waals surface area contributed by atoms with Crippen LogP contribution >= 0.6 is 22.6 Å². The molecule has 0 aromatic heterocycles. The summed E-state index contributed by atoms with van der Waals surface area (Å²) in [5.41, 5.74) is 16.1. The van der Waals surface area contributed by atoms with E-state index in [4.69, 9.17) is 50.1 Å². The van der Waals surface area contributed by atoms with Crippen molar-refractivity contribution < 1.29 is 91.4 Å². The van der Waals surface area contributed by atoms with E-state index in [1.165, 1.54) is 195 Å². The summed E-state index contributed by atoms with van der Waals surface area (Å²) < 4.78 is 56.8. The van der Waals surface area contributed by atoms with Crippen LogP contribution in [-0.4, -0.2) is 247 Å². The fourth-order valence-electron chi connectivity index (χ4n) is 20.1. The van der Waals surface area contributed by atoms with Gasteiger partial charge < -0.3 is 70.3 Å². The molecule has 11 rings (SSSR count). The monoisotopic (exact) mass is 2200 g/mol. The first-order chi connectivity index (χ1) is 69.3. The van der Waals surface area contributed by atoms with E-state index in [0.29, 0.717) is 64.9 Å². The molecule has 846 valence electrons. The summed E-state index contributed by atoms with van der Waals surface area (Å²) in [4.78, 5) is 122. The van der Waals surface area contributed by atoms with Crippen molar-refractivity contribution >= 4 is 86.6 Å². The molecule has 3 aromatic carbocycles. The number of nitrogens with one attached hydrogen (secondary N) is 5. The second-order valence-corrected chi connectivity index (χ2v) is 47.1. The summed E-state index contributed by atoms with van der Waals surface area (Å²) >= 11 is 2.15. The largest absolute Gasteiger partial charge is 0.460 e. The van der Waals surface area contributed by atoms with Crippen molar-refractivity contribution in [3.63, 3.8) is 0 Å². The Bertz CT molecular complexity index is 4220. The highest BCUT2D eigenvalue weighted by molar-refractivity contribution is 14.1. The highest BCUT2D eigenvalue weighted by atomic mass is 127. The van der Waals surface area contributed by atoms with E-state index in [-0.39, 0.29) is 117 Å². The zero-order valence-corrected chi connectivity index (χ0v) is 98.6. The number of hydrogen-bond donors (Lipinski definition) is 9. The molecule has 6 saturated carbocycles. The van der Waals surface area contributed by atoms with E-state index < -0.39 is 44.2 Å². The van der Waals surface area contributed by atoms with E-state index in [2.05, 4.69) is 45.6 Å². The van der Waals surface area contributed by atoms with Gasteiger partial charge in [0.25, 0.3) is 33.7 Å². The summed E-state index contributed by atoms with van der Waals surface area (Å²) in [5.74, 6) is 2.69. The van der Waals surface area contributed by atoms with Gasteiger partial charge in [-0.25, -0.2) is 25.4 Å². The quantitative estimate of drug-likeness (QED) is 0.00549. The molecule has 7 amide bonds. The molecule has 147 heavy (non-hydrogen) atoms. The fraction of sp³-hybridized carbons (Fsp3) is 0.765. The van der Waals surface area contributed by atoms with Crippen LogP contribution in [0.4, 0.5) is 14.4 Å². The summed E-state index contributed by atoms with van der Waals surface area (Å²) in [5, 5.41) is 26.8. The van der Waals surface area contributed by atoms with Crippen LogP contribution in [0.3, 0.4) is 0 Å². The van der Waals surface area contributed by atoms with Crippen LogP contribution in [0.25, 0.3) is 0 Å². The van der Waals surface area contributed by atoms with E-state index in [9.17, 15) is 56.7 Å². The molecule has 2 aliphatic heterocycles. The molecule has 6 aliphatic carbocycles. The number of hydrogen-bond acceptors (Lipinski definition) is 24. The minimum Gasteiger partial charge on any atom is -0.460 e. The first kappa shape index (κ1) is 138. The lowest BCUT2D eigenvalue weighted by molar-refractivity contribution is -0.157. The minimum atomic E-state index is -4.02. The van der Waals surface area contributed by atoms with Crippen LogP contribution in [-0.2, 0) is 43.4 Å². The Hall–Kier alpha value is -7.31. The van der Waals surface area contributed by atoms with Crippen LogP contribution < -0.4 is 21.7 Å². The summed E-state index contributed by atoms with van der Waals surface area (Å²) in [6.45, 7) is 38.8. The van der Waals surface area contributed by atoms with Crippen molar-refractivity contribution in [2.24, 2.45) is 53.1 Å². The molecule has 0 spiro atoms. The van der Waals surface area contributed by atoms with Crippen LogP contribution in [0.5, 0.6) is 0 Å². The molecule has 6 fully saturated rings. The van der Waals surface area contributed by atoms with Gasteiger partial charge >= 0.3 is 30.2 Å². The Morgan fingerprint density at radius 1 is 0.422 bits per heavy atom. The fourth-order valence-corrected chi connectivity index (χ4v) is 20.6. The molecule has 2 heterocycles. The number of alkyl halides is 1. The number of carbonyl (C=O) groups is 9. The number of ether oxygens (including phenoxy) is 5. The number of halogens is 1. The third kappa shape index (κ3) is 57.8. The molecule has 6 atom stereocenters. The molecular formula is C115H204IN11O19S. The molecule has 30 nitrogen and oxygen atoms in total. The van der Waals surface area contributed by atoms with Gasteiger partial charge in [-0.15, -0.1) is 0 Å². The number of carbonyl (C=O) groups excluding carboxylic acids is 9. The molecule has 8 aliphatic rings. The number of esters is 2. The number of amides is 7. The number of likely N-dealkylation sites (N-methyl/N-ethyl adjacent to an activating group) is 6. The van der Waals surface area contributed by atoms with Gasteiger partial charge in [-0.05, 0) is 266 Å². The SMILES string of the molecule is CC.CC(C)(C)OC(=O)C[C@@H](CC1CCCCC1)CN1C(=O)c2ccccc2C1=O.CC(C)(C)OC(=O)C[C@H](CO)CC1CCCCC1.CCO.CI.CN(C(=O)OC(C)(C)C)[C@@H](CC1CCCCC1)CN1C(=O)c2ccccc2C1=O.CN(C(=O)OC(C)(C)C)[C@H](CN)CC1CCCCC1.CNC[C@H](CC1CCCCC1)N(C)C(=O)OC(C)(C)C.CNC[C@H](CC1CCCCC1)NC.Cc1ccc(S(=O)(=O)O)cc1.N=N.[HH]. The van der Waals surface area contributed by atoms with E-state index in [1.807, 2.05) is 151 Å². The van der Waals surface area contributed by atoms with Crippen molar-refractivity contribution in [2.75, 3.05) is 93.2 Å². The van der Waals surface area contributed by atoms with Crippen molar-refractivity contribution in [3.05, 3.63) is 101 Å². The molecule has 0 radical (unpaired) electrons. The second kappa shape index (κ2) is 73.1. The molecule has 0 bridgehead atoms. The Labute approximate surface area is 903 Å². The molecule has 3 aromatic rings. The highest BCUT2D eigenvalue weighted by Gasteiger charge is 2.42.